The van der Waals surface area contributed by atoms with Crippen LogP contribution in [0.4, 0.5) is 0 Å². The Morgan fingerprint density at radius 3 is 2.75 bits per heavy atom. The van der Waals surface area contributed by atoms with Crippen LogP contribution in [-0.4, -0.2) is 14.5 Å². The van der Waals surface area contributed by atoms with Gasteiger partial charge in [0.2, 0.25) is 0 Å². The van der Waals surface area contributed by atoms with Crippen molar-refractivity contribution in [2.45, 2.75) is 12.5 Å². The number of hydrogen-bond acceptors (Lipinski definition) is 4. The summed E-state index contributed by atoms with van der Waals surface area (Å²) >= 11 is 0. The predicted molar refractivity (Wildman–Crippen MR) is 61.2 cm³/mol. The van der Waals surface area contributed by atoms with Crippen LogP contribution in [0.15, 0.2) is 37.1 Å². The monoisotopic (exact) mass is 217 g/mol. The van der Waals surface area contributed by atoms with E-state index in [1.165, 1.54) is 5.56 Å². The van der Waals surface area contributed by atoms with Gasteiger partial charge in [0, 0.05) is 25.6 Å². The zero-order valence-corrected chi connectivity index (χ0v) is 9.17. The number of nitrogens with one attached hydrogen (secondary N) is 1. The summed E-state index contributed by atoms with van der Waals surface area (Å²) in [6, 6.07) is 3.99. The number of nitrogens with two attached hydrogens (primary N) is 1. The van der Waals surface area contributed by atoms with Crippen LogP contribution in [0.2, 0.25) is 0 Å². The van der Waals surface area contributed by atoms with Crippen molar-refractivity contribution < 1.29 is 0 Å². The minimum Gasteiger partial charge on any atom is -0.340 e. The molecule has 2 aromatic heterocycles. The molecule has 0 radical (unpaired) electrons. The van der Waals surface area contributed by atoms with Crippen LogP contribution in [0.25, 0.3) is 0 Å². The second-order valence-corrected chi connectivity index (χ2v) is 3.74. The van der Waals surface area contributed by atoms with Gasteiger partial charge in [-0.3, -0.25) is 16.3 Å². The van der Waals surface area contributed by atoms with E-state index < -0.39 is 0 Å². The van der Waals surface area contributed by atoms with E-state index in [9.17, 15) is 0 Å². The molecule has 1 atom stereocenters. The molecule has 0 fully saturated rings. The SMILES string of the molecule is Cn1cnc(C(Cc2ccncc2)NN)c1. The largest absolute Gasteiger partial charge is 0.340 e. The highest BCUT2D eigenvalue weighted by Gasteiger charge is 2.12. The number of aryl methyl sites for hydroxylation is 1. The Hall–Kier alpha value is -1.72. The van der Waals surface area contributed by atoms with Crippen molar-refractivity contribution >= 4 is 0 Å². The quantitative estimate of drug-likeness (QED) is 0.580. The van der Waals surface area contributed by atoms with E-state index >= 15 is 0 Å². The molecule has 0 aliphatic carbocycles. The minimum atomic E-state index is 0.0311. The van der Waals surface area contributed by atoms with Crippen molar-refractivity contribution in [3.63, 3.8) is 0 Å². The molecule has 0 bridgehead atoms. The molecule has 0 aliphatic rings. The van der Waals surface area contributed by atoms with Crippen LogP contribution in [0.1, 0.15) is 17.3 Å². The van der Waals surface area contributed by atoms with Gasteiger partial charge in [-0.1, -0.05) is 0 Å². The van der Waals surface area contributed by atoms with Crippen LogP contribution in [0, 0.1) is 0 Å². The van der Waals surface area contributed by atoms with Crippen LogP contribution in [-0.2, 0) is 13.5 Å². The second kappa shape index (κ2) is 4.87. The van der Waals surface area contributed by atoms with E-state index in [0.717, 1.165) is 12.1 Å². The van der Waals surface area contributed by atoms with E-state index in [0.29, 0.717) is 0 Å². The van der Waals surface area contributed by atoms with Gasteiger partial charge in [0.05, 0.1) is 18.1 Å². The zero-order valence-electron chi connectivity index (χ0n) is 9.17. The molecule has 0 saturated carbocycles. The van der Waals surface area contributed by atoms with Crippen molar-refractivity contribution in [1.29, 1.82) is 0 Å². The van der Waals surface area contributed by atoms with Gasteiger partial charge in [0.1, 0.15) is 0 Å². The Balaban J connectivity index is 2.12. The van der Waals surface area contributed by atoms with E-state index in [1.54, 1.807) is 18.7 Å². The molecular formula is C11H15N5. The van der Waals surface area contributed by atoms with Crippen molar-refractivity contribution in [1.82, 2.24) is 20.0 Å². The summed E-state index contributed by atoms with van der Waals surface area (Å²) in [4.78, 5) is 8.27. The van der Waals surface area contributed by atoms with Gasteiger partial charge in [0.15, 0.2) is 0 Å². The lowest BCUT2D eigenvalue weighted by Crippen LogP contribution is -2.29. The van der Waals surface area contributed by atoms with Crippen molar-refractivity contribution in [2.24, 2.45) is 12.9 Å². The number of imidazole rings is 1. The molecule has 5 nitrogen and oxygen atoms in total. The first-order valence-electron chi connectivity index (χ1n) is 5.12. The molecule has 2 aromatic rings. The average molecular weight is 217 g/mol. The first-order valence-corrected chi connectivity index (χ1v) is 5.12. The van der Waals surface area contributed by atoms with Gasteiger partial charge in [-0.25, -0.2) is 4.98 Å². The molecule has 5 heteroatoms. The molecule has 1 unspecified atom stereocenters. The summed E-state index contributed by atoms with van der Waals surface area (Å²) in [6.07, 6.45) is 8.09. The van der Waals surface area contributed by atoms with E-state index in [1.807, 2.05) is 29.9 Å². The number of pyridine rings is 1. The topological polar surface area (TPSA) is 68.8 Å². The van der Waals surface area contributed by atoms with Crippen molar-refractivity contribution in [2.75, 3.05) is 0 Å². The number of hydrogen-bond donors (Lipinski definition) is 2. The number of rotatable bonds is 4. The minimum absolute atomic E-state index is 0.0311. The lowest BCUT2D eigenvalue weighted by atomic mass is 10.1. The van der Waals surface area contributed by atoms with Gasteiger partial charge >= 0.3 is 0 Å². The Labute approximate surface area is 94.3 Å². The highest BCUT2D eigenvalue weighted by atomic mass is 15.2. The van der Waals surface area contributed by atoms with Crippen LogP contribution >= 0.6 is 0 Å². The van der Waals surface area contributed by atoms with E-state index in [2.05, 4.69) is 15.4 Å². The summed E-state index contributed by atoms with van der Waals surface area (Å²) < 4.78 is 1.91. The molecular weight excluding hydrogens is 202 g/mol. The molecule has 0 spiro atoms. The standard InChI is InChI=1S/C11H15N5/c1-16-7-11(14-8-16)10(15-12)6-9-2-4-13-5-3-9/h2-5,7-8,10,15H,6,12H2,1H3. The Kier molecular flexibility index (Phi) is 3.28. The van der Waals surface area contributed by atoms with Gasteiger partial charge in [0.25, 0.3) is 0 Å². The normalized spacial score (nSPS) is 12.6. The van der Waals surface area contributed by atoms with Gasteiger partial charge in [-0.2, -0.15) is 0 Å². The number of hydrazine groups is 1. The molecule has 3 N–H and O–H groups in total. The van der Waals surface area contributed by atoms with Gasteiger partial charge in [-0.15, -0.1) is 0 Å². The Bertz CT molecular complexity index is 437. The smallest absolute Gasteiger partial charge is 0.0947 e. The van der Waals surface area contributed by atoms with Crippen LogP contribution in [0.5, 0.6) is 0 Å². The lowest BCUT2D eigenvalue weighted by Gasteiger charge is -2.13. The first kappa shape index (κ1) is 10.8. The Morgan fingerprint density at radius 2 is 2.19 bits per heavy atom. The van der Waals surface area contributed by atoms with E-state index in [-0.39, 0.29) is 6.04 Å². The molecule has 16 heavy (non-hydrogen) atoms. The molecule has 2 heterocycles. The molecule has 0 amide bonds. The fourth-order valence-electron chi connectivity index (χ4n) is 1.62. The second-order valence-electron chi connectivity index (χ2n) is 3.74. The molecule has 2 rings (SSSR count). The van der Waals surface area contributed by atoms with Crippen LogP contribution in [0.3, 0.4) is 0 Å². The molecule has 0 aliphatic heterocycles. The first-order chi connectivity index (χ1) is 7.79. The fourth-order valence-corrected chi connectivity index (χ4v) is 1.62. The fraction of sp³-hybridized carbons (Fsp3) is 0.273. The van der Waals surface area contributed by atoms with Gasteiger partial charge < -0.3 is 4.57 Å². The molecule has 84 valence electrons. The third-order valence-electron chi connectivity index (χ3n) is 2.47. The van der Waals surface area contributed by atoms with E-state index in [4.69, 9.17) is 5.84 Å². The summed E-state index contributed by atoms with van der Waals surface area (Å²) in [5, 5.41) is 0. The van der Waals surface area contributed by atoms with Crippen molar-refractivity contribution in [3.8, 4) is 0 Å². The summed E-state index contributed by atoms with van der Waals surface area (Å²) in [6.45, 7) is 0. The van der Waals surface area contributed by atoms with Gasteiger partial charge in [-0.05, 0) is 24.1 Å². The maximum Gasteiger partial charge on any atom is 0.0947 e. The maximum absolute atomic E-state index is 5.55. The Morgan fingerprint density at radius 1 is 1.44 bits per heavy atom. The average Bonchev–Trinajstić information content (AvgIpc) is 2.74. The molecule has 0 aromatic carbocycles. The lowest BCUT2D eigenvalue weighted by molar-refractivity contribution is 0.540. The highest BCUT2D eigenvalue weighted by molar-refractivity contribution is 5.15. The summed E-state index contributed by atoms with van der Waals surface area (Å²) in [5.74, 6) is 5.55. The summed E-state index contributed by atoms with van der Waals surface area (Å²) in [5.41, 5.74) is 4.91. The number of nitrogens with zero attached hydrogens (tertiary/aromatic N) is 3. The number of aromatic nitrogens is 3. The molecule has 0 saturated heterocycles. The predicted octanol–water partition coefficient (Wildman–Crippen LogP) is 0.562. The zero-order chi connectivity index (χ0) is 11.4. The van der Waals surface area contributed by atoms with Crippen molar-refractivity contribution in [3.05, 3.63) is 48.3 Å². The highest BCUT2D eigenvalue weighted by Crippen LogP contribution is 2.14. The third kappa shape index (κ3) is 2.44. The summed E-state index contributed by atoms with van der Waals surface area (Å²) in [7, 11) is 1.94. The van der Waals surface area contributed by atoms with Crippen LogP contribution < -0.4 is 11.3 Å². The third-order valence-corrected chi connectivity index (χ3v) is 2.47. The maximum atomic E-state index is 5.55.